The topological polar surface area (TPSA) is 81.2 Å². The van der Waals surface area contributed by atoms with Crippen molar-refractivity contribution in [2.45, 2.75) is 20.5 Å². The third-order valence-corrected chi connectivity index (χ3v) is 3.30. The van der Waals surface area contributed by atoms with Crippen molar-refractivity contribution < 1.29 is 9.47 Å². The quantitative estimate of drug-likeness (QED) is 0.933. The first-order valence-electron chi connectivity index (χ1n) is 6.47. The average Bonchev–Trinajstić information content (AvgIpc) is 2.51. The van der Waals surface area contributed by atoms with Gasteiger partial charge in [-0.15, -0.1) is 0 Å². The van der Waals surface area contributed by atoms with E-state index in [9.17, 15) is 0 Å². The minimum atomic E-state index is 0.286. The van der Waals surface area contributed by atoms with Gasteiger partial charge in [0.25, 0.3) is 0 Å². The van der Waals surface area contributed by atoms with Crippen molar-refractivity contribution in [3.63, 3.8) is 0 Å². The van der Waals surface area contributed by atoms with Gasteiger partial charge in [-0.1, -0.05) is 0 Å². The minimum Gasteiger partial charge on any atom is -0.497 e. The first kappa shape index (κ1) is 14.7. The summed E-state index contributed by atoms with van der Waals surface area (Å²) in [4.78, 5) is 4.34. The zero-order valence-corrected chi connectivity index (χ0v) is 12.3. The maximum atomic E-state index is 8.99. The van der Waals surface area contributed by atoms with Crippen LogP contribution in [0.3, 0.4) is 0 Å². The molecule has 2 aromatic rings. The normalized spacial score (nSPS) is 10.0. The van der Waals surface area contributed by atoms with Crippen LogP contribution in [-0.2, 0) is 6.61 Å². The lowest BCUT2D eigenvalue weighted by molar-refractivity contribution is 0.298. The van der Waals surface area contributed by atoms with Gasteiger partial charge in [0.15, 0.2) is 0 Å². The fourth-order valence-corrected chi connectivity index (χ4v) is 1.93. The molecule has 0 unspecified atom stereocenters. The summed E-state index contributed by atoms with van der Waals surface area (Å²) in [6.07, 6.45) is 1.73. The Bertz CT molecular complexity index is 705. The number of anilines is 1. The number of rotatable bonds is 4. The van der Waals surface area contributed by atoms with Crippen molar-refractivity contribution in [1.82, 2.24) is 4.98 Å². The van der Waals surface area contributed by atoms with Crippen LogP contribution in [0, 0.1) is 25.2 Å². The summed E-state index contributed by atoms with van der Waals surface area (Å²) in [6.45, 7) is 4.12. The molecular formula is C16H17N3O2. The average molecular weight is 283 g/mol. The molecule has 0 bridgehead atoms. The van der Waals surface area contributed by atoms with Crippen LogP contribution in [-0.4, -0.2) is 12.1 Å². The predicted molar refractivity (Wildman–Crippen MR) is 80.2 cm³/mol. The van der Waals surface area contributed by atoms with Crippen LogP contribution >= 0.6 is 0 Å². The fraction of sp³-hybridized carbons (Fsp3) is 0.250. The maximum absolute atomic E-state index is 8.99. The lowest BCUT2D eigenvalue weighted by Gasteiger charge is -2.12. The van der Waals surface area contributed by atoms with E-state index in [2.05, 4.69) is 11.1 Å². The van der Waals surface area contributed by atoms with E-state index in [-0.39, 0.29) is 6.61 Å². The van der Waals surface area contributed by atoms with Gasteiger partial charge in [0.2, 0.25) is 0 Å². The van der Waals surface area contributed by atoms with Gasteiger partial charge in [-0.2, -0.15) is 5.26 Å². The van der Waals surface area contributed by atoms with E-state index in [0.29, 0.717) is 17.1 Å². The number of hydrogen-bond donors (Lipinski definition) is 1. The highest BCUT2D eigenvalue weighted by Crippen LogP contribution is 2.24. The summed E-state index contributed by atoms with van der Waals surface area (Å²) in [5.41, 5.74) is 9.84. The Morgan fingerprint density at radius 2 is 1.95 bits per heavy atom. The molecule has 0 amide bonds. The van der Waals surface area contributed by atoms with Crippen molar-refractivity contribution in [3.05, 3.63) is 46.8 Å². The Balaban J connectivity index is 2.21. The molecule has 1 heterocycles. The molecule has 0 aliphatic rings. The Kier molecular flexibility index (Phi) is 4.29. The summed E-state index contributed by atoms with van der Waals surface area (Å²) in [5.74, 6) is 1.14. The van der Waals surface area contributed by atoms with E-state index in [0.717, 1.165) is 22.5 Å². The summed E-state index contributed by atoms with van der Waals surface area (Å²) in [6, 6.07) is 7.12. The third kappa shape index (κ3) is 3.23. The minimum absolute atomic E-state index is 0.286. The molecule has 108 valence electrons. The molecular weight excluding hydrogens is 266 g/mol. The zero-order valence-electron chi connectivity index (χ0n) is 12.3. The summed E-state index contributed by atoms with van der Waals surface area (Å²) >= 11 is 0. The fourth-order valence-electron chi connectivity index (χ4n) is 1.93. The van der Waals surface area contributed by atoms with Crippen LogP contribution in [0.25, 0.3) is 0 Å². The summed E-state index contributed by atoms with van der Waals surface area (Å²) in [7, 11) is 1.55. The molecule has 5 nitrogen and oxygen atoms in total. The van der Waals surface area contributed by atoms with Gasteiger partial charge in [-0.25, -0.2) is 0 Å². The predicted octanol–water partition coefficient (Wildman–Crippen LogP) is 2.74. The highest BCUT2D eigenvalue weighted by molar-refractivity contribution is 5.53. The monoisotopic (exact) mass is 283 g/mol. The number of nitrogen functional groups attached to an aromatic ring is 1. The molecule has 0 saturated heterocycles. The molecule has 1 aromatic carbocycles. The molecule has 2 N–H and O–H groups in total. The lowest BCUT2D eigenvalue weighted by Crippen LogP contribution is -2.05. The van der Waals surface area contributed by atoms with Crippen LogP contribution in [0.2, 0.25) is 0 Å². The van der Waals surface area contributed by atoms with Crippen molar-refractivity contribution in [2.75, 3.05) is 12.8 Å². The molecule has 0 fully saturated rings. The molecule has 2 rings (SSSR count). The van der Waals surface area contributed by atoms with Crippen molar-refractivity contribution in [3.8, 4) is 17.6 Å². The van der Waals surface area contributed by atoms with Gasteiger partial charge in [-0.3, -0.25) is 4.98 Å². The van der Waals surface area contributed by atoms with Gasteiger partial charge in [0.1, 0.15) is 18.1 Å². The number of methoxy groups -OCH3 is 1. The largest absolute Gasteiger partial charge is 0.497 e. The second-order valence-corrected chi connectivity index (χ2v) is 4.72. The molecule has 0 spiro atoms. The molecule has 0 aliphatic carbocycles. The third-order valence-electron chi connectivity index (χ3n) is 3.30. The van der Waals surface area contributed by atoms with Gasteiger partial charge in [0, 0.05) is 18.0 Å². The van der Waals surface area contributed by atoms with E-state index in [1.54, 1.807) is 31.5 Å². The Morgan fingerprint density at radius 1 is 1.24 bits per heavy atom. The number of nitrogens with zero attached hydrogens (tertiary/aromatic N) is 2. The van der Waals surface area contributed by atoms with Crippen LogP contribution in [0.4, 0.5) is 5.69 Å². The molecule has 21 heavy (non-hydrogen) atoms. The summed E-state index contributed by atoms with van der Waals surface area (Å²) in [5, 5.41) is 8.99. The van der Waals surface area contributed by atoms with E-state index >= 15 is 0 Å². The maximum Gasteiger partial charge on any atom is 0.131 e. The Hall–Kier alpha value is -2.74. The number of aryl methyl sites for hydroxylation is 1. The molecule has 0 saturated carbocycles. The van der Waals surface area contributed by atoms with Crippen LogP contribution in [0.1, 0.15) is 22.4 Å². The highest BCUT2D eigenvalue weighted by Gasteiger charge is 2.08. The second-order valence-electron chi connectivity index (χ2n) is 4.72. The SMILES string of the molecule is COc1cc(C#N)cc(OCc2ncc(C)c(N)c2C)c1. The molecule has 1 aromatic heterocycles. The van der Waals surface area contributed by atoms with Gasteiger partial charge in [0.05, 0.1) is 24.4 Å². The number of aromatic nitrogens is 1. The number of ether oxygens (including phenoxy) is 2. The zero-order chi connectivity index (χ0) is 15.4. The van der Waals surface area contributed by atoms with Crippen LogP contribution in [0.5, 0.6) is 11.5 Å². The Labute approximate surface area is 123 Å². The van der Waals surface area contributed by atoms with E-state index in [1.165, 1.54) is 0 Å². The first-order valence-corrected chi connectivity index (χ1v) is 6.47. The smallest absolute Gasteiger partial charge is 0.131 e. The van der Waals surface area contributed by atoms with Gasteiger partial charge < -0.3 is 15.2 Å². The van der Waals surface area contributed by atoms with E-state index in [4.69, 9.17) is 20.5 Å². The molecule has 0 aliphatic heterocycles. The highest BCUT2D eigenvalue weighted by atomic mass is 16.5. The lowest BCUT2D eigenvalue weighted by atomic mass is 10.1. The van der Waals surface area contributed by atoms with Crippen molar-refractivity contribution in [2.24, 2.45) is 0 Å². The number of nitrogens with two attached hydrogens (primary N) is 1. The van der Waals surface area contributed by atoms with E-state index < -0.39 is 0 Å². The summed E-state index contributed by atoms with van der Waals surface area (Å²) < 4.78 is 10.8. The Morgan fingerprint density at radius 3 is 2.62 bits per heavy atom. The number of pyridine rings is 1. The molecule has 0 radical (unpaired) electrons. The van der Waals surface area contributed by atoms with Crippen LogP contribution < -0.4 is 15.2 Å². The van der Waals surface area contributed by atoms with E-state index in [1.807, 2.05) is 13.8 Å². The number of benzene rings is 1. The molecule has 5 heteroatoms. The number of nitriles is 1. The standard InChI is InChI=1S/C16H17N3O2/c1-10-8-19-15(11(2)16(10)18)9-21-14-5-12(7-17)4-13(6-14)20-3/h4-6,8H,9H2,1-3H3,(H2,18,19). The second kappa shape index (κ2) is 6.14. The van der Waals surface area contributed by atoms with Crippen LogP contribution in [0.15, 0.2) is 24.4 Å². The van der Waals surface area contributed by atoms with Crippen molar-refractivity contribution in [1.29, 1.82) is 5.26 Å². The van der Waals surface area contributed by atoms with Gasteiger partial charge in [-0.05, 0) is 37.1 Å². The first-order chi connectivity index (χ1) is 10.0. The molecule has 0 atom stereocenters. The van der Waals surface area contributed by atoms with Crippen molar-refractivity contribution >= 4 is 5.69 Å². The van der Waals surface area contributed by atoms with Gasteiger partial charge >= 0.3 is 0 Å². The number of hydrogen-bond acceptors (Lipinski definition) is 5.